The van der Waals surface area contributed by atoms with Crippen LogP contribution >= 0.6 is 0 Å². The Morgan fingerprint density at radius 3 is 1.87 bits per heavy atom. The summed E-state index contributed by atoms with van der Waals surface area (Å²) in [6, 6.07) is 18.4. The van der Waals surface area contributed by atoms with Crippen LogP contribution in [0.1, 0.15) is 47.1 Å². The van der Waals surface area contributed by atoms with E-state index in [1.54, 1.807) is 31.4 Å². The van der Waals surface area contributed by atoms with E-state index in [4.69, 9.17) is 4.74 Å². The van der Waals surface area contributed by atoms with Gasteiger partial charge in [0.15, 0.2) is 0 Å². The quantitative estimate of drug-likeness (QED) is 0.379. The summed E-state index contributed by atoms with van der Waals surface area (Å²) in [5.74, 6) is -3.96. The van der Waals surface area contributed by atoms with Gasteiger partial charge >= 0.3 is 0 Å². The van der Waals surface area contributed by atoms with Gasteiger partial charge in [0.05, 0.1) is 18.6 Å². The molecule has 7 heteroatoms. The average Bonchev–Trinajstić information content (AvgIpc) is 2.87. The Bertz CT molecular complexity index is 1410. The minimum absolute atomic E-state index is 0.324. The van der Waals surface area contributed by atoms with Gasteiger partial charge in [-0.2, -0.15) is 0 Å². The van der Waals surface area contributed by atoms with E-state index < -0.39 is 41.0 Å². The second-order valence-corrected chi connectivity index (χ2v) is 10.9. The van der Waals surface area contributed by atoms with Gasteiger partial charge in [-0.3, -0.25) is 14.4 Å². The summed E-state index contributed by atoms with van der Waals surface area (Å²) in [5, 5.41) is 17.4. The Morgan fingerprint density at radius 2 is 1.36 bits per heavy atom. The van der Waals surface area contributed by atoms with Crippen LogP contribution in [0.3, 0.4) is 0 Å². The fourth-order valence-electron chi connectivity index (χ4n) is 5.48. The zero-order valence-electron chi connectivity index (χ0n) is 23.3. The van der Waals surface area contributed by atoms with Crippen molar-refractivity contribution in [1.29, 1.82) is 0 Å². The van der Waals surface area contributed by atoms with Crippen molar-refractivity contribution in [3.05, 3.63) is 88.5 Å². The second-order valence-electron chi connectivity index (χ2n) is 10.9. The Balaban J connectivity index is 1.80. The van der Waals surface area contributed by atoms with E-state index in [1.807, 2.05) is 64.1 Å². The molecule has 4 unspecified atom stereocenters. The third-order valence-electron chi connectivity index (χ3n) is 7.63. The van der Waals surface area contributed by atoms with Gasteiger partial charge in [0.25, 0.3) is 0 Å². The van der Waals surface area contributed by atoms with Crippen LogP contribution in [-0.4, -0.2) is 35.4 Å². The molecule has 204 valence electrons. The number of ether oxygens (including phenoxy) is 1. The van der Waals surface area contributed by atoms with Gasteiger partial charge < -0.3 is 20.5 Å². The van der Waals surface area contributed by atoms with Gasteiger partial charge in [0.1, 0.15) is 17.5 Å². The molecule has 0 aromatic heterocycles. The summed E-state index contributed by atoms with van der Waals surface area (Å²) in [6.07, 6.45) is -0.324. The molecule has 0 bridgehead atoms. The van der Waals surface area contributed by atoms with Crippen molar-refractivity contribution in [2.24, 2.45) is 11.8 Å². The summed E-state index contributed by atoms with van der Waals surface area (Å²) in [6.45, 7) is 9.11. The van der Waals surface area contributed by atoms with Crippen molar-refractivity contribution in [2.45, 2.75) is 52.6 Å². The standard InChI is InChI=1S/C32H36N2O5/c1-18-7-9-20(3)24(15-18)33-30(36)28-26(35)17-32(5,38)29(27(28)22-11-13-23(39-6)14-12-22)31(37)34-25-16-19(2)8-10-21(25)4/h7-16,27-29,38H,17H2,1-6H3,(H,33,36)(H,34,37). The van der Waals surface area contributed by atoms with Crippen LogP contribution in [0.4, 0.5) is 11.4 Å². The number of anilines is 2. The number of nitrogens with one attached hydrogen (secondary N) is 2. The summed E-state index contributed by atoms with van der Waals surface area (Å²) in [4.78, 5) is 41.3. The van der Waals surface area contributed by atoms with Crippen molar-refractivity contribution >= 4 is 29.0 Å². The zero-order valence-corrected chi connectivity index (χ0v) is 23.3. The number of carbonyl (C=O) groups excluding carboxylic acids is 3. The first-order valence-electron chi connectivity index (χ1n) is 13.1. The monoisotopic (exact) mass is 528 g/mol. The number of aliphatic hydroxyl groups is 1. The number of carbonyl (C=O) groups is 3. The maximum absolute atomic E-state index is 13.9. The lowest BCUT2D eigenvalue weighted by Gasteiger charge is -2.44. The molecule has 0 radical (unpaired) electrons. The highest BCUT2D eigenvalue weighted by Crippen LogP contribution is 2.47. The van der Waals surface area contributed by atoms with E-state index >= 15 is 0 Å². The molecule has 4 atom stereocenters. The molecule has 1 aliphatic rings. The van der Waals surface area contributed by atoms with Gasteiger partial charge in [0.2, 0.25) is 11.8 Å². The molecule has 1 saturated carbocycles. The van der Waals surface area contributed by atoms with Crippen LogP contribution < -0.4 is 15.4 Å². The van der Waals surface area contributed by atoms with Gasteiger partial charge in [-0.25, -0.2) is 0 Å². The van der Waals surface area contributed by atoms with Crippen LogP contribution in [0, 0.1) is 39.5 Å². The first-order chi connectivity index (χ1) is 18.4. The van der Waals surface area contributed by atoms with E-state index in [-0.39, 0.29) is 6.42 Å². The molecule has 0 heterocycles. The van der Waals surface area contributed by atoms with Gasteiger partial charge in [-0.15, -0.1) is 0 Å². The fourth-order valence-corrected chi connectivity index (χ4v) is 5.48. The average molecular weight is 529 g/mol. The molecule has 0 saturated heterocycles. The Morgan fingerprint density at radius 1 is 0.846 bits per heavy atom. The highest BCUT2D eigenvalue weighted by molar-refractivity contribution is 6.10. The lowest BCUT2D eigenvalue weighted by Crippen LogP contribution is -2.56. The first kappa shape index (κ1) is 28.0. The van der Waals surface area contributed by atoms with Crippen molar-refractivity contribution in [2.75, 3.05) is 17.7 Å². The van der Waals surface area contributed by atoms with Crippen molar-refractivity contribution in [3.63, 3.8) is 0 Å². The molecule has 7 nitrogen and oxygen atoms in total. The number of hydrogen-bond acceptors (Lipinski definition) is 5. The maximum atomic E-state index is 13.9. The van der Waals surface area contributed by atoms with Crippen molar-refractivity contribution in [1.82, 2.24) is 0 Å². The zero-order chi connectivity index (χ0) is 28.5. The number of aryl methyl sites for hydroxylation is 4. The van der Waals surface area contributed by atoms with E-state index in [1.165, 1.54) is 6.92 Å². The van der Waals surface area contributed by atoms with Crippen molar-refractivity contribution in [3.8, 4) is 5.75 Å². The Kier molecular flexibility index (Phi) is 7.93. The van der Waals surface area contributed by atoms with Crippen LogP contribution in [0.5, 0.6) is 5.75 Å². The molecule has 0 spiro atoms. The molecule has 0 aliphatic heterocycles. The minimum atomic E-state index is -1.68. The Labute approximate surface area is 229 Å². The van der Waals surface area contributed by atoms with Crippen molar-refractivity contribution < 1.29 is 24.2 Å². The molecule has 4 rings (SSSR count). The molecule has 39 heavy (non-hydrogen) atoms. The lowest BCUT2D eigenvalue weighted by atomic mass is 9.61. The molecular formula is C32H36N2O5. The number of amides is 2. The van der Waals surface area contributed by atoms with Crippen LogP contribution in [0.15, 0.2) is 60.7 Å². The largest absolute Gasteiger partial charge is 0.497 e. The molecule has 1 fully saturated rings. The smallest absolute Gasteiger partial charge is 0.235 e. The van der Waals surface area contributed by atoms with E-state index in [2.05, 4.69) is 10.6 Å². The summed E-state index contributed by atoms with van der Waals surface area (Å²) in [7, 11) is 1.55. The maximum Gasteiger partial charge on any atom is 0.235 e. The molecular weight excluding hydrogens is 492 g/mol. The third kappa shape index (κ3) is 5.88. The highest BCUT2D eigenvalue weighted by Gasteiger charge is 2.56. The van der Waals surface area contributed by atoms with E-state index in [0.29, 0.717) is 22.7 Å². The van der Waals surface area contributed by atoms with E-state index in [9.17, 15) is 19.5 Å². The summed E-state index contributed by atoms with van der Waals surface area (Å²) in [5.41, 5.74) is 3.80. The minimum Gasteiger partial charge on any atom is -0.497 e. The number of ketones is 1. The molecule has 3 N–H and O–H groups in total. The highest BCUT2D eigenvalue weighted by atomic mass is 16.5. The second kappa shape index (κ2) is 11.0. The van der Waals surface area contributed by atoms with Crippen LogP contribution in [-0.2, 0) is 14.4 Å². The molecule has 1 aliphatic carbocycles. The van der Waals surface area contributed by atoms with E-state index in [0.717, 1.165) is 22.3 Å². The Hall–Kier alpha value is -3.97. The fraction of sp³-hybridized carbons (Fsp3) is 0.344. The number of Topliss-reactive ketones (excluding diaryl/α,β-unsaturated/α-hetero) is 1. The molecule has 3 aromatic rings. The molecule has 3 aromatic carbocycles. The SMILES string of the molecule is COc1ccc(C2C(C(=O)Nc3cc(C)ccc3C)C(=O)CC(C)(O)C2C(=O)Nc2cc(C)ccc2C)cc1. The lowest BCUT2D eigenvalue weighted by molar-refractivity contribution is -0.150. The normalized spacial score (nSPS) is 22.7. The number of hydrogen-bond donors (Lipinski definition) is 3. The molecule has 2 amide bonds. The van der Waals surface area contributed by atoms with Crippen LogP contribution in [0.25, 0.3) is 0 Å². The van der Waals surface area contributed by atoms with Gasteiger partial charge in [0, 0.05) is 23.7 Å². The summed E-state index contributed by atoms with van der Waals surface area (Å²) < 4.78 is 5.30. The topological polar surface area (TPSA) is 105 Å². The first-order valence-corrected chi connectivity index (χ1v) is 13.1. The predicted molar refractivity (Wildman–Crippen MR) is 152 cm³/mol. The van der Waals surface area contributed by atoms with Gasteiger partial charge in [-0.1, -0.05) is 36.4 Å². The van der Waals surface area contributed by atoms with Crippen LogP contribution in [0.2, 0.25) is 0 Å². The predicted octanol–water partition coefficient (Wildman–Crippen LogP) is 5.25. The number of benzene rings is 3. The number of methoxy groups -OCH3 is 1. The number of rotatable bonds is 6. The summed E-state index contributed by atoms with van der Waals surface area (Å²) >= 11 is 0. The third-order valence-corrected chi connectivity index (χ3v) is 7.63. The van der Waals surface area contributed by atoms with Gasteiger partial charge in [-0.05, 0) is 86.7 Å².